The van der Waals surface area contributed by atoms with E-state index >= 15 is 0 Å². The van der Waals surface area contributed by atoms with Crippen molar-refractivity contribution in [2.45, 2.75) is 32.9 Å². The molecule has 8 nitrogen and oxygen atoms in total. The van der Waals surface area contributed by atoms with Gasteiger partial charge in [0.1, 0.15) is 23.9 Å². The second kappa shape index (κ2) is 11.4. The lowest BCUT2D eigenvalue weighted by Crippen LogP contribution is -2.12. The number of carbonyl (C=O) groups excluding carboxylic acids is 1. The quantitative estimate of drug-likeness (QED) is 0.246. The number of anilines is 1. The number of nitrogens with two attached hydrogens (primary N) is 1. The summed E-state index contributed by atoms with van der Waals surface area (Å²) < 4.78 is 19.1. The van der Waals surface area contributed by atoms with Crippen LogP contribution in [0.5, 0.6) is 5.75 Å². The number of benzene rings is 3. The Hall–Kier alpha value is -4.43. The molecule has 0 amide bonds. The zero-order valence-corrected chi connectivity index (χ0v) is 22.5. The number of hydrogen-bond acceptors (Lipinski definition) is 7. The molecule has 1 aliphatic rings. The van der Waals surface area contributed by atoms with Crippen molar-refractivity contribution in [2.75, 3.05) is 25.6 Å². The zero-order valence-electron chi connectivity index (χ0n) is 22.5. The van der Waals surface area contributed by atoms with E-state index in [9.17, 15) is 4.79 Å². The molecule has 0 bridgehead atoms. The molecule has 5 aromatic rings. The minimum Gasteiger partial charge on any atom is -0.487 e. The second-order valence-electron chi connectivity index (χ2n) is 10.1. The number of aromatic nitrogens is 3. The summed E-state index contributed by atoms with van der Waals surface area (Å²) >= 11 is 0. The Balaban J connectivity index is 1.35. The van der Waals surface area contributed by atoms with E-state index in [4.69, 9.17) is 25.0 Å². The maximum Gasteiger partial charge on any atom is 0.310 e. The molecule has 1 saturated heterocycles. The predicted molar refractivity (Wildman–Crippen MR) is 155 cm³/mol. The van der Waals surface area contributed by atoms with E-state index in [0.29, 0.717) is 24.1 Å². The van der Waals surface area contributed by atoms with E-state index in [0.717, 1.165) is 70.2 Å². The van der Waals surface area contributed by atoms with Crippen LogP contribution >= 0.6 is 0 Å². The Morgan fingerprint density at radius 3 is 2.73 bits per heavy atom. The first-order valence-electron chi connectivity index (χ1n) is 13.7. The monoisotopic (exact) mass is 536 g/mol. The number of para-hydroxylation sites is 1. The third-order valence-corrected chi connectivity index (χ3v) is 7.39. The van der Waals surface area contributed by atoms with Gasteiger partial charge in [0.2, 0.25) is 0 Å². The number of fused-ring (bicyclic) bond motifs is 2. The first-order chi connectivity index (χ1) is 19.6. The lowest BCUT2D eigenvalue weighted by atomic mass is 10.00. The van der Waals surface area contributed by atoms with E-state index in [1.165, 1.54) is 0 Å². The Morgan fingerprint density at radius 1 is 1.07 bits per heavy atom. The summed E-state index contributed by atoms with van der Waals surface area (Å²) in [5.41, 5.74) is 11.0. The van der Waals surface area contributed by atoms with Crippen molar-refractivity contribution in [3.8, 4) is 16.9 Å². The molecule has 0 spiro atoms. The molecular weight excluding hydrogens is 504 g/mol. The van der Waals surface area contributed by atoms with Gasteiger partial charge in [0.05, 0.1) is 25.2 Å². The molecule has 0 aliphatic carbocycles. The first kappa shape index (κ1) is 25.8. The SMILES string of the molecule is CCOC(=O)Cc1ccccc1OCc1nn(CC2CCOC2)c2ccc(-c3ccc4ccnc(N)c4c3)cc12. The van der Waals surface area contributed by atoms with Gasteiger partial charge in [-0.05, 0) is 60.2 Å². The zero-order chi connectivity index (χ0) is 27.5. The number of rotatable bonds is 9. The molecule has 1 aliphatic heterocycles. The van der Waals surface area contributed by atoms with Crippen LogP contribution in [0.2, 0.25) is 0 Å². The van der Waals surface area contributed by atoms with Gasteiger partial charge >= 0.3 is 5.97 Å². The van der Waals surface area contributed by atoms with Gasteiger partial charge in [0.15, 0.2) is 0 Å². The summed E-state index contributed by atoms with van der Waals surface area (Å²) in [4.78, 5) is 16.4. The number of carbonyl (C=O) groups is 1. The van der Waals surface area contributed by atoms with Crippen LogP contribution in [0, 0.1) is 5.92 Å². The van der Waals surface area contributed by atoms with E-state index in [2.05, 4.69) is 46.1 Å². The van der Waals surface area contributed by atoms with Gasteiger partial charge in [-0.3, -0.25) is 9.48 Å². The van der Waals surface area contributed by atoms with Gasteiger partial charge in [-0.15, -0.1) is 0 Å². The van der Waals surface area contributed by atoms with Crippen molar-refractivity contribution >= 4 is 33.5 Å². The van der Waals surface area contributed by atoms with Crippen LogP contribution in [0.15, 0.2) is 72.9 Å². The van der Waals surface area contributed by atoms with E-state index < -0.39 is 0 Å². The Kier molecular flexibility index (Phi) is 7.33. The van der Waals surface area contributed by atoms with E-state index in [-0.39, 0.29) is 19.0 Å². The molecular formula is C32H32N4O4. The molecule has 2 N–H and O–H groups in total. The number of ether oxygens (including phenoxy) is 3. The highest BCUT2D eigenvalue weighted by Gasteiger charge is 2.20. The Morgan fingerprint density at radius 2 is 1.90 bits per heavy atom. The fourth-order valence-corrected chi connectivity index (χ4v) is 5.32. The van der Waals surface area contributed by atoms with Crippen molar-refractivity contribution in [1.29, 1.82) is 0 Å². The van der Waals surface area contributed by atoms with Crippen molar-refractivity contribution in [2.24, 2.45) is 5.92 Å². The van der Waals surface area contributed by atoms with Crippen molar-refractivity contribution < 1.29 is 19.0 Å². The molecule has 1 unspecified atom stereocenters. The van der Waals surface area contributed by atoms with Crippen molar-refractivity contribution in [3.05, 3.63) is 84.2 Å². The highest BCUT2D eigenvalue weighted by molar-refractivity contribution is 5.95. The van der Waals surface area contributed by atoms with Crippen LogP contribution in [0.25, 0.3) is 32.8 Å². The Labute approximate surface area is 232 Å². The number of pyridine rings is 1. The van der Waals surface area contributed by atoms with Crippen LogP contribution in [0.3, 0.4) is 0 Å². The summed E-state index contributed by atoms with van der Waals surface area (Å²) in [7, 11) is 0. The molecule has 0 radical (unpaired) electrons. The molecule has 204 valence electrons. The van der Waals surface area contributed by atoms with Crippen molar-refractivity contribution in [3.63, 3.8) is 0 Å². The van der Waals surface area contributed by atoms with Gasteiger partial charge in [-0.1, -0.05) is 36.4 Å². The minimum atomic E-state index is -0.275. The average molecular weight is 537 g/mol. The maximum absolute atomic E-state index is 12.1. The predicted octanol–water partition coefficient (Wildman–Crippen LogP) is 5.55. The highest BCUT2D eigenvalue weighted by Crippen LogP contribution is 2.32. The second-order valence-corrected chi connectivity index (χ2v) is 10.1. The lowest BCUT2D eigenvalue weighted by molar-refractivity contribution is -0.142. The first-order valence-corrected chi connectivity index (χ1v) is 13.7. The van der Waals surface area contributed by atoms with Gasteiger partial charge in [0, 0.05) is 41.6 Å². The minimum absolute atomic E-state index is 0.158. The van der Waals surface area contributed by atoms with Gasteiger partial charge in [-0.2, -0.15) is 5.10 Å². The molecule has 8 heteroatoms. The normalized spacial score (nSPS) is 15.1. The molecule has 2 aromatic heterocycles. The maximum atomic E-state index is 12.1. The number of nitrogens with zero attached hydrogens (tertiary/aromatic N) is 3. The van der Waals surface area contributed by atoms with E-state index in [1.54, 1.807) is 13.1 Å². The summed E-state index contributed by atoms with van der Waals surface area (Å²) in [6.45, 7) is 4.74. The molecule has 0 saturated carbocycles. The average Bonchev–Trinajstić information content (AvgIpc) is 3.61. The summed E-state index contributed by atoms with van der Waals surface area (Å²) in [6.07, 6.45) is 2.91. The third-order valence-electron chi connectivity index (χ3n) is 7.39. The fraction of sp³-hybridized carbons (Fsp3) is 0.281. The summed E-state index contributed by atoms with van der Waals surface area (Å²) in [5, 5.41) is 8.01. The smallest absolute Gasteiger partial charge is 0.310 e. The molecule has 1 atom stereocenters. The summed E-state index contributed by atoms with van der Waals surface area (Å²) in [5.74, 6) is 1.32. The topological polar surface area (TPSA) is 101 Å². The number of esters is 1. The van der Waals surface area contributed by atoms with Crippen LogP contribution in [0.1, 0.15) is 24.6 Å². The molecule has 3 aromatic carbocycles. The molecule has 3 heterocycles. The van der Waals surface area contributed by atoms with Crippen molar-refractivity contribution in [1.82, 2.24) is 14.8 Å². The van der Waals surface area contributed by atoms with E-state index in [1.807, 2.05) is 30.3 Å². The molecule has 1 fully saturated rings. The third kappa shape index (κ3) is 5.35. The van der Waals surface area contributed by atoms with Gasteiger partial charge < -0.3 is 19.9 Å². The highest BCUT2D eigenvalue weighted by atomic mass is 16.5. The summed E-state index contributed by atoms with van der Waals surface area (Å²) in [6, 6.07) is 22.2. The van der Waals surface area contributed by atoms with Crippen LogP contribution in [-0.2, 0) is 33.8 Å². The Bertz CT molecular complexity index is 1670. The van der Waals surface area contributed by atoms with Crippen LogP contribution in [0.4, 0.5) is 5.82 Å². The van der Waals surface area contributed by atoms with Gasteiger partial charge in [0.25, 0.3) is 0 Å². The molecule has 6 rings (SSSR count). The largest absolute Gasteiger partial charge is 0.487 e. The molecule has 40 heavy (non-hydrogen) atoms. The van der Waals surface area contributed by atoms with Crippen LogP contribution < -0.4 is 10.5 Å². The standard InChI is InChI=1S/C32H32N4O4/c1-2-39-31(37)17-25-5-3-4-6-30(25)40-20-28-27-16-24(23-8-7-22-11-13-34-32(33)26(22)15-23)9-10-29(27)36(35-28)18-21-12-14-38-19-21/h3-11,13,15-16,21H,2,12,14,17-20H2,1H3,(H2,33,34). The van der Waals surface area contributed by atoms with Gasteiger partial charge in [-0.25, -0.2) is 4.98 Å². The fourth-order valence-electron chi connectivity index (χ4n) is 5.32. The van der Waals surface area contributed by atoms with Crippen LogP contribution in [-0.4, -0.2) is 40.6 Å². The number of nitrogen functional groups attached to an aromatic ring is 1. The lowest BCUT2D eigenvalue weighted by Gasteiger charge is -2.11. The number of hydrogen-bond donors (Lipinski definition) is 1.